The van der Waals surface area contributed by atoms with Crippen LogP contribution in [-0.4, -0.2) is 11.2 Å². The maximum absolute atomic E-state index is 8.82. The van der Waals surface area contributed by atoms with E-state index >= 15 is 0 Å². The first kappa shape index (κ1) is 10.0. The predicted octanol–water partition coefficient (Wildman–Crippen LogP) is 2.86. The molecule has 0 radical (unpaired) electrons. The van der Waals surface area contributed by atoms with E-state index in [-0.39, 0.29) is 0 Å². The Morgan fingerprint density at radius 3 is 1.58 bits per heavy atom. The van der Waals surface area contributed by atoms with Crippen LogP contribution < -0.4 is 5.48 Å². The molecule has 1 aliphatic rings. The van der Waals surface area contributed by atoms with E-state index in [0.717, 1.165) is 12.8 Å². The Kier molecular flexibility index (Phi) is 5.37. The third kappa shape index (κ3) is 4.07. The van der Waals surface area contributed by atoms with Gasteiger partial charge < -0.3 is 5.21 Å². The number of nitrogens with one attached hydrogen (secondary N) is 1. The van der Waals surface area contributed by atoms with Gasteiger partial charge in [-0.15, -0.1) is 0 Å². The molecule has 0 unspecified atom stereocenters. The lowest BCUT2D eigenvalue weighted by atomic mass is 9.98. The summed E-state index contributed by atoms with van der Waals surface area (Å²) < 4.78 is 0. The van der Waals surface area contributed by atoms with E-state index < -0.39 is 0 Å². The highest BCUT2D eigenvalue weighted by Crippen LogP contribution is 2.16. The Balaban J connectivity index is 2.17. The first-order chi connectivity index (χ1) is 5.93. The van der Waals surface area contributed by atoms with Gasteiger partial charge in [0.15, 0.2) is 0 Å². The molecule has 2 heteroatoms. The summed E-state index contributed by atoms with van der Waals surface area (Å²) in [5, 5.41) is 8.82. The van der Waals surface area contributed by atoms with Gasteiger partial charge in [0.2, 0.25) is 0 Å². The van der Waals surface area contributed by atoms with Crippen LogP contribution in [0, 0.1) is 0 Å². The van der Waals surface area contributed by atoms with Crippen LogP contribution in [0.4, 0.5) is 0 Å². The van der Waals surface area contributed by atoms with Crippen LogP contribution >= 0.6 is 0 Å². The van der Waals surface area contributed by atoms with Crippen molar-refractivity contribution in [2.75, 3.05) is 0 Å². The van der Waals surface area contributed by atoms with Gasteiger partial charge in [0.25, 0.3) is 0 Å². The van der Waals surface area contributed by atoms with Crippen molar-refractivity contribution < 1.29 is 5.21 Å². The summed E-state index contributed by atoms with van der Waals surface area (Å²) in [4.78, 5) is 0. The second-order valence-electron chi connectivity index (χ2n) is 3.88. The van der Waals surface area contributed by atoms with Crippen molar-refractivity contribution in [1.82, 2.24) is 5.48 Å². The Hall–Kier alpha value is -0.0800. The third-order valence-corrected chi connectivity index (χ3v) is 2.79. The van der Waals surface area contributed by atoms with Gasteiger partial charge in [0, 0.05) is 6.04 Å². The van der Waals surface area contributed by atoms with E-state index in [1.54, 1.807) is 0 Å². The van der Waals surface area contributed by atoms with Gasteiger partial charge in [-0.3, -0.25) is 0 Å². The van der Waals surface area contributed by atoms with Crippen molar-refractivity contribution in [1.29, 1.82) is 0 Å². The van der Waals surface area contributed by atoms with E-state index in [1.807, 2.05) is 0 Å². The molecule has 0 amide bonds. The molecule has 0 saturated heterocycles. The maximum Gasteiger partial charge on any atom is 0.0319 e. The van der Waals surface area contributed by atoms with Crippen molar-refractivity contribution >= 4 is 0 Å². The average molecular weight is 171 g/mol. The molecule has 72 valence electrons. The Morgan fingerprint density at radius 2 is 1.17 bits per heavy atom. The summed E-state index contributed by atoms with van der Waals surface area (Å²) in [6.07, 6.45) is 11.7. The van der Waals surface area contributed by atoms with Crippen LogP contribution in [0.1, 0.15) is 57.8 Å². The zero-order valence-electron chi connectivity index (χ0n) is 7.89. The first-order valence-corrected chi connectivity index (χ1v) is 5.33. The molecule has 12 heavy (non-hydrogen) atoms. The van der Waals surface area contributed by atoms with Crippen LogP contribution in [0.3, 0.4) is 0 Å². The average Bonchev–Trinajstić information content (AvgIpc) is 2.14. The summed E-state index contributed by atoms with van der Waals surface area (Å²) in [6.45, 7) is 0. The molecule has 2 nitrogen and oxygen atoms in total. The van der Waals surface area contributed by atoms with Crippen LogP contribution in [0.25, 0.3) is 0 Å². The molecule has 2 N–H and O–H groups in total. The van der Waals surface area contributed by atoms with E-state index in [9.17, 15) is 0 Å². The van der Waals surface area contributed by atoms with Gasteiger partial charge in [-0.25, -0.2) is 5.48 Å². The third-order valence-electron chi connectivity index (χ3n) is 2.79. The Bertz CT molecular complexity index is 96.0. The van der Waals surface area contributed by atoms with E-state index in [2.05, 4.69) is 5.48 Å². The van der Waals surface area contributed by atoms with Crippen LogP contribution in [0.15, 0.2) is 0 Å². The SMILES string of the molecule is ONC1CCCCCCCCC1. The number of hydrogen-bond acceptors (Lipinski definition) is 2. The van der Waals surface area contributed by atoms with Gasteiger partial charge in [-0.05, 0) is 12.8 Å². The van der Waals surface area contributed by atoms with E-state index in [1.165, 1.54) is 44.9 Å². The fourth-order valence-electron chi connectivity index (χ4n) is 1.94. The summed E-state index contributed by atoms with van der Waals surface area (Å²) >= 11 is 0. The molecule has 0 aliphatic heterocycles. The minimum atomic E-state index is 0.364. The molecule has 0 aromatic rings. The molecular weight excluding hydrogens is 150 g/mol. The van der Waals surface area contributed by atoms with Crippen LogP contribution in [0.5, 0.6) is 0 Å². The molecule has 0 aromatic carbocycles. The van der Waals surface area contributed by atoms with Gasteiger partial charge in [0.05, 0.1) is 0 Å². The van der Waals surface area contributed by atoms with E-state index in [4.69, 9.17) is 5.21 Å². The molecule has 0 bridgehead atoms. The van der Waals surface area contributed by atoms with Crippen molar-refractivity contribution in [3.05, 3.63) is 0 Å². The normalized spacial score (nSPS) is 23.8. The predicted molar refractivity (Wildman–Crippen MR) is 50.3 cm³/mol. The highest BCUT2D eigenvalue weighted by atomic mass is 16.5. The largest absolute Gasteiger partial charge is 0.317 e. The first-order valence-electron chi connectivity index (χ1n) is 5.33. The Labute approximate surface area is 75.3 Å². The summed E-state index contributed by atoms with van der Waals surface area (Å²) in [7, 11) is 0. The molecule has 0 spiro atoms. The monoisotopic (exact) mass is 171 g/mol. The minimum absolute atomic E-state index is 0.364. The highest BCUT2D eigenvalue weighted by molar-refractivity contribution is 4.64. The molecule has 1 saturated carbocycles. The molecular formula is C10H21NO. The van der Waals surface area contributed by atoms with E-state index in [0.29, 0.717) is 6.04 Å². The number of hydroxylamine groups is 1. The zero-order valence-corrected chi connectivity index (χ0v) is 7.89. The lowest BCUT2D eigenvalue weighted by Crippen LogP contribution is -2.25. The van der Waals surface area contributed by atoms with Crippen molar-refractivity contribution in [3.8, 4) is 0 Å². The highest BCUT2D eigenvalue weighted by Gasteiger charge is 2.07. The second-order valence-corrected chi connectivity index (χ2v) is 3.88. The lowest BCUT2D eigenvalue weighted by Gasteiger charge is -2.16. The van der Waals surface area contributed by atoms with Crippen LogP contribution in [0.2, 0.25) is 0 Å². The van der Waals surface area contributed by atoms with Gasteiger partial charge in [-0.1, -0.05) is 44.9 Å². The summed E-state index contributed by atoms with van der Waals surface area (Å²) in [5.74, 6) is 0. The van der Waals surface area contributed by atoms with Gasteiger partial charge in [-0.2, -0.15) is 0 Å². The number of hydrogen-bond donors (Lipinski definition) is 2. The molecule has 0 heterocycles. The number of rotatable bonds is 1. The minimum Gasteiger partial charge on any atom is -0.317 e. The van der Waals surface area contributed by atoms with Gasteiger partial charge >= 0.3 is 0 Å². The zero-order chi connectivity index (χ0) is 8.65. The molecule has 1 aliphatic carbocycles. The molecule has 0 atom stereocenters. The van der Waals surface area contributed by atoms with Crippen molar-refractivity contribution in [3.63, 3.8) is 0 Å². The smallest absolute Gasteiger partial charge is 0.0319 e. The molecule has 0 aromatic heterocycles. The standard InChI is InChI=1S/C10H21NO/c12-11-10-8-6-4-2-1-3-5-7-9-10/h10-12H,1-9H2. The van der Waals surface area contributed by atoms with Crippen LogP contribution in [-0.2, 0) is 0 Å². The molecule has 1 rings (SSSR count). The quantitative estimate of drug-likeness (QED) is 0.595. The summed E-state index contributed by atoms with van der Waals surface area (Å²) in [6, 6.07) is 0.364. The fourth-order valence-corrected chi connectivity index (χ4v) is 1.94. The fraction of sp³-hybridized carbons (Fsp3) is 1.00. The lowest BCUT2D eigenvalue weighted by molar-refractivity contribution is 0.114. The topological polar surface area (TPSA) is 32.3 Å². The Morgan fingerprint density at radius 1 is 0.750 bits per heavy atom. The summed E-state index contributed by atoms with van der Waals surface area (Å²) in [5.41, 5.74) is 2.42. The van der Waals surface area contributed by atoms with Crippen molar-refractivity contribution in [2.45, 2.75) is 63.8 Å². The second kappa shape index (κ2) is 6.44. The maximum atomic E-state index is 8.82. The molecule has 1 fully saturated rings. The van der Waals surface area contributed by atoms with Crippen molar-refractivity contribution in [2.24, 2.45) is 0 Å². The van der Waals surface area contributed by atoms with Gasteiger partial charge in [0.1, 0.15) is 0 Å².